The number of thiocarbonyl (C=S) groups is 1. The Balaban J connectivity index is 4.06. The van der Waals surface area contributed by atoms with Gasteiger partial charge >= 0.3 is 0 Å². The first-order chi connectivity index (χ1) is 6.02. The van der Waals surface area contributed by atoms with Gasteiger partial charge in [0.2, 0.25) is 5.96 Å². The van der Waals surface area contributed by atoms with Crippen molar-refractivity contribution < 1.29 is 0 Å². The first kappa shape index (κ1) is 11.3. The summed E-state index contributed by atoms with van der Waals surface area (Å²) >= 11 is 4.52. The molecule has 0 rings (SSSR count). The summed E-state index contributed by atoms with van der Waals surface area (Å²) in [6.07, 6.45) is 1.35. The molecule has 0 atom stereocenters. The molecule has 13 heavy (non-hydrogen) atoms. The van der Waals surface area contributed by atoms with Crippen LogP contribution in [0, 0.1) is 0 Å². The second-order valence-corrected chi connectivity index (χ2v) is 2.44. The van der Waals surface area contributed by atoms with Crippen LogP contribution in [-0.4, -0.2) is 23.0 Å². The summed E-state index contributed by atoms with van der Waals surface area (Å²) in [5.41, 5.74) is 18.1. The fourth-order valence-electron chi connectivity index (χ4n) is 0.351. The summed E-state index contributed by atoms with van der Waals surface area (Å²) in [4.78, 5) is 0. The van der Waals surface area contributed by atoms with Crippen molar-refractivity contribution in [3.8, 4) is 0 Å². The molecule has 0 heterocycles. The predicted molar refractivity (Wildman–Crippen MR) is 57.3 cm³/mol. The van der Waals surface area contributed by atoms with Crippen molar-refractivity contribution >= 4 is 35.2 Å². The Morgan fingerprint density at radius 2 is 2.00 bits per heavy atom. The minimum atomic E-state index is -0.119. The van der Waals surface area contributed by atoms with E-state index in [0.29, 0.717) is 5.71 Å². The molecular formula is C5H11N7S. The van der Waals surface area contributed by atoms with E-state index in [2.05, 4.69) is 32.9 Å². The van der Waals surface area contributed by atoms with E-state index in [9.17, 15) is 0 Å². The number of nitrogens with one attached hydrogen (secondary N) is 1. The lowest BCUT2D eigenvalue weighted by molar-refractivity contribution is 1.03. The molecule has 0 spiro atoms. The number of nitrogens with two attached hydrogens (primary N) is 3. The molecule has 0 aliphatic heterocycles. The highest BCUT2D eigenvalue weighted by Crippen LogP contribution is 1.73. The molecule has 0 unspecified atom stereocenters. The van der Waals surface area contributed by atoms with Crippen LogP contribution < -0.4 is 22.6 Å². The maximum atomic E-state index is 5.12. The molecule has 0 radical (unpaired) electrons. The van der Waals surface area contributed by atoms with Gasteiger partial charge in [-0.1, -0.05) is 0 Å². The predicted octanol–water partition coefficient (Wildman–Crippen LogP) is -1.55. The van der Waals surface area contributed by atoms with Gasteiger partial charge in [0.25, 0.3) is 0 Å². The number of hydrogen-bond acceptors (Lipinski definition) is 4. The molecule has 0 bridgehead atoms. The topological polar surface area (TPSA) is 127 Å². The Morgan fingerprint density at radius 3 is 2.46 bits per heavy atom. The second kappa shape index (κ2) is 5.89. The quantitative estimate of drug-likeness (QED) is 0.190. The Hall–Kier alpha value is -1.70. The van der Waals surface area contributed by atoms with Crippen LogP contribution in [0.3, 0.4) is 0 Å². The van der Waals surface area contributed by atoms with E-state index < -0.39 is 0 Å². The van der Waals surface area contributed by atoms with Gasteiger partial charge in [-0.05, 0) is 19.1 Å². The van der Waals surface area contributed by atoms with Crippen LogP contribution in [0.15, 0.2) is 15.3 Å². The van der Waals surface area contributed by atoms with Gasteiger partial charge in [-0.15, -0.1) is 5.10 Å². The van der Waals surface area contributed by atoms with Crippen molar-refractivity contribution in [3.05, 3.63) is 0 Å². The lowest BCUT2D eigenvalue weighted by atomic mass is 10.5. The molecule has 0 aromatic rings. The molecule has 7 N–H and O–H groups in total. The van der Waals surface area contributed by atoms with Crippen LogP contribution >= 0.6 is 12.2 Å². The van der Waals surface area contributed by atoms with Crippen molar-refractivity contribution in [2.75, 3.05) is 0 Å². The summed E-state index contributed by atoms with van der Waals surface area (Å²) in [5, 5.41) is 10.7. The Bertz CT molecular complexity index is 262. The lowest BCUT2D eigenvalue weighted by Gasteiger charge is -1.94. The zero-order chi connectivity index (χ0) is 10.3. The molecule has 0 saturated heterocycles. The number of hydrazone groups is 1. The number of guanidine groups is 1. The van der Waals surface area contributed by atoms with Crippen molar-refractivity contribution in [1.82, 2.24) is 5.43 Å². The first-order valence-corrected chi connectivity index (χ1v) is 3.65. The average Bonchev–Trinajstić information content (AvgIpc) is 2.00. The van der Waals surface area contributed by atoms with E-state index in [4.69, 9.17) is 17.2 Å². The number of rotatable bonds is 3. The van der Waals surface area contributed by atoms with Crippen LogP contribution in [0.1, 0.15) is 6.92 Å². The molecule has 0 aliphatic carbocycles. The summed E-state index contributed by atoms with van der Waals surface area (Å²) in [6, 6.07) is 0. The first-order valence-electron chi connectivity index (χ1n) is 3.24. The van der Waals surface area contributed by atoms with E-state index >= 15 is 0 Å². The maximum Gasteiger partial charge on any atom is 0.211 e. The van der Waals surface area contributed by atoms with Gasteiger partial charge in [0.05, 0.1) is 11.9 Å². The molecule has 72 valence electrons. The highest BCUT2D eigenvalue weighted by Gasteiger charge is 1.85. The molecule has 0 amide bonds. The van der Waals surface area contributed by atoms with Crippen LogP contribution in [0.2, 0.25) is 0 Å². The van der Waals surface area contributed by atoms with Gasteiger partial charge in [0.1, 0.15) is 0 Å². The minimum absolute atomic E-state index is 0.0783. The van der Waals surface area contributed by atoms with E-state index in [0.717, 1.165) is 0 Å². The highest BCUT2D eigenvalue weighted by atomic mass is 32.1. The summed E-state index contributed by atoms with van der Waals surface area (Å²) in [5.74, 6) is -0.119. The number of hydrogen-bond donors (Lipinski definition) is 4. The van der Waals surface area contributed by atoms with Crippen LogP contribution in [0.25, 0.3) is 0 Å². The zero-order valence-electron chi connectivity index (χ0n) is 7.06. The fraction of sp³-hybridized carbons (Fsp3) is 0.200. The summed E-state index contributed by atoms with van der Waals surface area (Å²) < 4.78 is 0. The fourth-order valence-corrected chi connectivity index (χ4v) is 0.397. The average molecular weight is 201 g/mol. The lowest BCUT2D eigenvalue weighted by Crippen LogP contribution is -2.25. The second-order valence-electron chi connectivity index (χ2n) is 2.00. The normalized spacial score (nSPS) is 11.3. The van der Waals surface area contributed by atoms with Gasteiger partial charge in [0, 0.05) is 0 Å². The smallest absolute Gasteiger partial charge is 0.211 e. The van der Waals surface area contributed by atoms with Gasteiger partial charge in [-0.25, -0.2) is 0 Å². The third-order valence-corrected chi connectivity index (χ3v) is 0.852. The molecule has 0 aromatic heterocycles. The Kier molecular flexibility index (Phi) is 5.12. The van der Waals surface area contributed by atoms with E-state index in [-0.39, 0.29) is 11.1 Å². The largest absolute Gasteiger partial charge is 0.375 e. The highest BCUT2D eigenvalue weighted by molar-refractivity contribution is 7.80. The van der Waals surface area contributed by atoms with Crippen LogP contribution in [0.5, 0.6) is 0 Å². The molecule has 8 heteroatoms. The van der Waals surface area contributed by atoms with E-state index in [1.807, 2.05) is 0 Å². The van der Waals surface area contributed by atoms with Crippen molar-refractivity contribution in [2.24, 2.45) is 32.5 Å². The molecule has 7 nitrogen and oxygen atoms in total. The standard InChI is InChI=1S/C5H11N7S/c1-3(10-12-5(8)13)2-9-11-4(6)7/h2H,1H3,(H4,6,7,11)(H3,8,12,13)/b9-2+,10-3+. The molecular weight excluding hydrogens is 190 g/mol. The van der Waals surface area contributed by atoms with Gasteiger partial charge in [-0.3, -0.25) is 5.43 Å². The Labute approximate surface area is 80.8 Å². The minimum Gasteiger partial charge on any atom is -0.375 e. The van der Waals surface area contributed by atoms with Crippen molar-refractivity contribution in [2.45, 2.75) is 6.92 Å². The van der Waals surface area contributed by atoms with Crippen molar-refractivity contribution in [1.29, 1.82) is 0 Å². The summed E-state index contributed by atoms with van der Waals surface area (Å²) in [6.45, 7) is 1.68. The maximum absolute atomic E-state index is 5.12. The molecule has 0 fully saturated rings. The van der Waals surface area contributed by atoms with Gasteiger partial charge in [0.15, 0.2) is 5.11 Å². The summed E-state index contributed by atoms with van der Waals surface area (Å²) in [7, 11) is 0. The van der Waals surface area contributed by atoms with Crippen LogP contribution in [0.4, 0.5) is 0 Å². The number of nitrogens with zero attached hydrogens (tertiary/aromatic N) is 3. The Morgan fingerprint density at radius 1 is 1.38 bits per heavy atom. The molecule has 0 aliphatic rings. The zero-order valence-corrected chi connectivity index (χ0v) is 7.88. The third kappa shape index (κ3) is 8.20. The SMILES string of the molecule is CC(/C=N/N=C(N)N)=N\NC(N)=S. The van der Waals surface area contributed by atoms with Gasteiger partial charge < -0.3 is 17.2 Å². The third-order valence-electron chi connectivity index (χ3n) is 0.760. The van der Waals surface area contributed by atoms with Crippen LogP contribution in [-0.2, 0) is 0 Å². The van der Waals surface area contributed by atoms with Gasteiger partial charge in [-0.2, -0.15) is 10.2 Å². The molecule has 0 aromatic carbocycles. The van der Waals surface area contributed by atoms with Crippen molar-refractivity contribution in [3.63, 3.8) is 0 Å². The molecule has 0 saturated carbocycles. The van der Waals surface area contributed by atoms with E-state index in [1.54, 1.807) is 6.92 Å². The van der Waals surface area contributed by atoms with E-state index in [1.165, 1.54) is 6.21 Å². The monoisotopic (exact) mass is 201 g/mol.